The number of benzene rings is 1. The Hall–Kier alpha value is -1.55. The third-order valence-electron chi connectivity index (χ3n) is 3.19. The van der Waals surface area contributed by atoms with Crippen LogP contribution in [0.5, 0.6) is 5.75 Å². The molecule has 0 aromatic heterocycles. The molecule has 4 nitrogen and oxygen atoms in total. The van der Waals surface area contributed by atoms with Crippen molar-refractivity contribution < 1.29 is 15.0 Å². The van der Waals surface area contributed by atoms with Crippen LogP contribution in [0.3, 0.4) is 0 Å². The van der Waals surface area contributed by atoms with Crippen molar-refractivity contribution in [1.29, 1.82) is 0 Å². The Morgan fingerprint density at radius 3 is 2.65 bits per heavy atom. The number of phenols is 1. The Balaban J connectivity index is 2.04. The molecule has 1 aliphatic carbocycles. The van der Waals surface area contributed by atoms with E-state index < -0.39 is 6.10 Å². The number of para-hydroxylation sites is 1. The Kier molecular flexibility index (Phi) is 3.64. The third kappa shape index (κ3) is 2.77. The largest absolute Gasteiger partial charge is 0.507 e. The van der Waals surface area contributed by atoms with Gasteiger partial charge in [0.1, 0.15) is 5.75 Å². The van der Waals surface area contributed by atoms with E-state index in [0.29, 0.717) is 0 Å². The van der Waals surface area contributed by atoms with Crippen LogP contribution in [0.25, 0.3) is 0 Å². The molecule has 3 N–H and O–H groups in total. The average molecular weight is 235 g/mol. The summed E-state index contributed by atoms with van der Waals surface area (Å²) in [4.78, 5) is 11.9. The normalized spacial score (nSPS) is 24.3. The van der Waals surface area contributed by atoms with Crippen LogP contribution < -0.4 is 5.32 Å². The fourth-order valence-corrected chi connectivity index (χ4v) is 2.19. The predicted octanol–water partition coefficient (Wildman–Crippen LogP) is 1.43. The minimum Gasteiger partial charge on any atom is -0.507 e. The molecule has 4 heteroatoms. The van der Waals surface area contributed by atoms with Gasteiger partial charge in [-0.15, -0.1) is 0 Å². The molecule has 0 heterocycles. The van der Waals surface area contributed by atoms with E-state index in [1.165, 1.54) is 6.07 Å². The molecule has 0 aliphatic heterocycles. The van der Waals surface area contributed by atoms with Crippen molar-refractivity contribution in [3.63, 3.8) is 0 Å². The van der Waals surface area contributed by atoms with Gasteiger partial charge in [-0.1, -0.05) is 25.0 Å². The summed E-state index contributed by atoms with van der Waals surface area (Å²) in [5.74, 6) is -0.357. The van der Waals surface area contributed by atoms with Crippen molar-refractivity contribution in [3.05, 3.63) is 29.8 Å². The minimum atomic E-state index is -0.474. The third-order valence-corrected chi connectivity index (χ3v) is 3.19. The van der Waals surface area contributed by atoms with Crippen molar-refractivity contribution in [2.45, 2.75) is 37.8 Å². The smallest absolute Gasteiger partial charge is 0.255 e. The van der Waals surface area contributed by atoms with Crippen LogP contribution in [0, 0.1) is 0 Å². The van der Waals surface area contributed by atoms with Crippen LogP contribution in [0.4, 0.5) is 0 Å². The van der Waals surface area contributed by atoms with E-state index >= 15 is 0 Å². The lowest BCUT2D eigenvalue weighted by Gasteiger charge is -2.28. The summed E-state index contributed by atoms with van der Waals surface area (Å²) < 4.78 is 0. The van der Waals surface area contributed by atoms with Gasteiger partial charge in [-0.25, -0.2) is 0 Å². The monoisotopic (exact) mass is 235 g/mol. The highest BCUT2D eigenvalue weighted by Crippen LogP contribution is 2.20. The number of amides is 1. The summed E-state index contributed by atoms with van der Waals surface area (Å²) >= 11 is 0. The number of aliphatic hydroxyl groups is 1. The van der Waals surface area contributed by atoms with Gasteiger partial charge in [-0.3, -0.25) is 4.79 Å². The average Bonchev–Trinajstić information content (AvgIpc) is 2.32. The van der Waals surface area contributed by atoms with Crippen molar-refractivity contribution >= 4 is 5.91 Å². The first kappa shape index (κ1) is 11.9. The number of hydrogen-bond acceptors (Lipinski definition) is 3. The summed E-state index contributed by atoms with van der Waals surface area (Å²) in [7, 11) is 0. The number of rotatable bonds is 2. The Morgan fingerprint density at radius 2 is 1.94 bits per heavy atom. The molecule has 0 spiro atoms. The molecule has 0 saturated heterocycles. The van der Waals surface area contributed by atoms with Crippen LogP contribution in [0.15, 0.2) is 24.3 Å². The quantitative estimate of drug-likeness (QED) is 0.726. The molecule has 1 amide bonds. The first-order chi connectivity index (χ1) is 8.18. The summed E-state index contributed by atoms with van der Waals surface area (Å²) in [6, 6.07) is 6.22. The highest BCUT2D eigenvalue weighted by Gasteiger charge is 2.25. The highest BCUT2D eigenvalue weighted by atomic mass is 16.3. The van der Waals surface area contributed by atoms with Gasteiger partial charge in [0.05, 0.1) is 17.7 Å². The standard InChI is InChI=1S/C13H17NO3/c15-11-7-3-1-5-9(11)13(17)14-10-6-2-4-8-12(10)16/h1,3,5,7,10,12,15-16H,2,4,6,8H2,(H,14,17). The van der Waals surface area contributed by atoms with Crippen molar-refractivity contribution in [3.8, 4) is 5.75 Å². The molecule has 1 saturated carbocycles. The molecule has 92 valence electrons. The van der Waals surface area contributed by atoms with Crippen molar-refractivity contribution in [1.82, 2.24) is 5.32 Å². The van der Waals surface area contributed by atoms with E-state index in [9.17, 15) is 15.0 Å². The van der Waals surface area contributed by atoms with Gasteiger partial charge in [0.2, 0.25) is 0 Å². The summed E-state index contributed by atoms with van der Waals surface area (Å²) in [6.07, 6.45) is 3.07. The number of aromatic hydroxyl groups is 1. The first-order valence-electron chi connectivity index (χ1n) is 5.95. The fraction of sp³-hybridized carbons (Fsp3) is 0.462. The first-order valence-corrected chi connectivity index (χ1v) is 5.95. The Labute approximate surface area is 100 Å². The SMILES string of the molecule is O=C(NC1CCCCC1O)c1ccccc1O. The number of phenolic OH excluding ortho intramolecular Hbond substituents is 1. The van der Waals surface area contributed by atoms with Gasteiger partial charge in [0.25, 0.3) is 5.91 Å². The van der Waals surface area contributed by atoms with E-state index in [-0.39, 0.29) is 23.3 Å². The van der Waals surface area contributed by atoms with Crippen molar-refractivity contribution in [2.75, 3.05) is 0 Å². The van der Waals surface area contributed by atoms with Gasteiger partial charge in [-0.05, 0) is 25.0 Å². The van der Waals surface area contributed by atoms with E-state index in [0.717, 1.165) is 25.7 Å². The molecule has 2 unspecified atom stereocenters. The topological polar surface area (TPSA) is 69.6 Å². The van der Waals surface area contributed by atoms with Crippen LogP contribution in [-0.4, -0.2) is 28.3 Å². The summed E-state index contributed by atoms with van der Waals surface area (Å²) in [5, 5.41) is 22.1. The number of carbonyl (C=O) groups is 1. The van der Waals surface area contributed by atoms with Crippen LogP contribution >= 0.6 is 0 Å². The maximum absolute atomic E-state index is 11.9. The summed E-state index contributed by atoms with van der Waals surface area (Å²) in [6.45, 7) is 0. The molecular formula is C13H17NO3. The molecule has 1 aromatic rings. The maximum atomic E-state index is 11.9. The van der Waals surface area contributed by atoms with E-state index in [4.69, 9.17) is 0 Å². The molecular weight excluding hydrogens is 218 g/mol. The zero-order valence-corrected chi connectivity index (χ0v) is 9.60. The number of nitrogens with one attached hydrogen (secondary N) is 1. The lowest BCUT2D eigenvalue weighted by molar-refractivity contribution is 0.0715. The fourth-order valence-electron chi connectivity index (χ4n) is 2.19. The van der Waals surface area contributed by atoms with Gasteiger partial charge in [0, 0.05) is 0 Å². The lowest BCUT2D eigenvalue weighted by atomic mass is 9.92. The molecule has 1 aliphatic rings. The maximum Gasteiger partial charge on any atom is 0.255 e. The van der Waals surface area contributed by atoms with Gasteiger partial charge < -0.3 is 15.5 Å². The van der Waals surface area contributed by atoms with Crippen LogP contribution in [0.1, 0.15) is 36.0 Å². The molecule has 17 heavy (non-hydrogen) atoms. The molecule has 2 rings (SSSR count). The van der Waals surface area contributed by atoms with E-state index in [1.54, 1.807) is 18.2 Å². The second-order valence-corrected chi connectivity index (χ2v) is 4.45. The second-order valence-electron chi connectivity index (χ2n) is 4.45. The molecule has 0 bridgehead atoms. The lowest BCUT2D eigenvalue weighted by Crippen LogP contribution is -2.45. The van der Waals surface area contributed by atoms with Gasteiger partial charge >= 0.3 is 0 Å². The van der Waals surface area contributed by atoms with Gasteiger partial charge in [0.15, 0.2) is 0 Å². The predicted molar refractivity (Wildman–Crippen MR) is 63.8 cm³/mol. The highest BCUT2D eigenvalue weighted by molar-refractivity contribution is 5.96. The zero-order chi connectivity index (χ0) is 12.3. The minimum absolute atomic E-state index is 0.0321. The van der Waals surface area contributed by atoms with E-state index in [1.807, 2.05) is 0 Å². The molecule has 2 atom stereocenters. The van der Waals surface area contributed by atoms with Gasteiger partial charge in [-0.2, -0.15) is 0 Å². The Morgan fingerprint density at radius 1 is 1.24 bits per heavy atom. The van der Waals surface area contributed by atoms with E-state index in [2.05, 4.69) is 5.32 Å². The molecule has 0 radical (unpaired) electrons. The van der Waals surface area contributed by atoms with Crippen LogP contribution in [-0.2, 0) is 0 Å². The molecule has 1 fully saturated rings. The number of aliphatic hydroxyl groups excluding tert-OH is 1. The van der Waals surface area contributed by atoms with Crippen molar-refractivity contribution in [2.24, 2.45) is 0 Å². The second kappa shape index (κ2) is 5.19. The number of hydrogen-bond donors (Lipinski definition) is 3. The van der Waals surface area contributed by atoms with Crippen LogP contribution in [0.2, 0.25) is 0 Å². The number of carbonyl (C=O) groups excluding carboxylic acids is 1. The summed E-state index contributed by atoms with van der Waals surface area (Å²) in [5.41, 5.74) is 0.255. The Bertz CT molecular complexity index is 405. The zero-order valence-electron chi connectivity index (χ0n) is 9.60. The molecule has 1 aromatic carbocycles.